The highest BCUT2D eigenvalue weighted by atomic mass is 32.1. The Morgan fingerprint density at radius 3 is 2.57 bits per heavy atom. The molecular weight excluding hydrogens is 488 g/mol. The van der Waals surface area contributed by atoms with Crippen LogP contribution in [0.15, 0.2) is 41.1 Å². The number of hydrogen-bond donors (Lipinski definition) is 3. The molecule has 0 radical (unpaired) electrons. The van der Waals surface area contributed by atoms with Crippen LogP contribution in [0.4, 0.5) is 16.2 Å². The fraction of sp³-hybridized carbons (Fsp3) is 0.320. The van der Waals surface area contributed by atoms with E-state index in [2.05, 4.69) is 5.32 Å². The van der Waals surface area contributed by atoms with Crippen LogP contribution >= 0.6 is 22.7 Å². The summed E-state index contributed by atoms with van der Waals surface area (Å²) in [7, 11) is 0. The molecule has 3 aromatic rings. The van der Waals surface area contributed by atoms with E-state index in [-0.39, 0.29) is 22.7 Å². The van der Waals surface area contributed by atoms with Gasteiger partial charge in [0.1, 0.15) is 5.75 Å². The number of rotatable bonds is 8. The lowest BCUT2D eigenvalue weighted by atomic mass is 9.93. The van der Waals surface area contributed by atoms with Gasteiger partial charge in [0.05, 0.1) is 5.69 Å². The molecule has 0 unspecified atom stereocenters. The van der Waals surface area contributed by atoms with Gasteiger partial charge in [0.15, 0.2) is 11.5 Å². The second-order valence-corrected chi connectivity index (χ2v) is 10.2. The Morgan fingerprint density at radius 1 is 1.14 bits per heavy atom. The number of carbonyl (C=O) groups excluding carboxylic acids is 1. The highest BCUT2D eigenvalue weighted by Gasteiger charge is 2.28. The zero-order valence-corrected chi connectivity index (χ0v) is 20.8. The lowest BCUT2D eigenvalue weighted by molar-refractivity contribution is -0.139. The largest absolute Gasteiger partial charge is 0.480 e. The molecule has 1 saturated carbocycles. The van der Waals surface area contributed by atoms with E-state index >= 15 is 0 Å². The van der Waals surface area contributed by atoms with Crippen molar-refractivity contribution in [1.82, 2.24) is 0 Å². The number of anilines is 2. The van der Waals surface area contributed by atoms with Crippen molar-refractivity contribution in [3.63, 3.8) is 0 Å². The number of hydrogen-bond acceptors (Lipinski definition) is 6. The number of aliphatic carboxylic acids is 1. The van der Waals surface area contributed by atoms with Crippen LogP contribution in [0.5, 0.6) is 5.75 Å². The number of carbonyl (C=O) groups is 3. The fourth-order valence-corrected chi connectivity index (χ4v) is 6.05. The van der Waals surface area contributed by atoms with Crippen LogP contribution in [0.3, 0.4) is 0 Å². The summed E-state index contributed by atoms with van der Waals surface area (Å²) >= 11 is 2.54. The molecule has 2 heterocycles. The number of carboxylic acids is 2. The second kappa shape index (κ2) is 10.9. The lowest BCUT2D eigenvalue weighted by Crippen LogP contribution is -2.44. The third-order valence-electron chi connectivity index (χ3n) is 5.94. The normalized spacial score (nSPS) is 13.9. The molecule has 2 aromatic heterocycles. The molecule has 0 bridgehead atoms. The Kier molecular flexibility index (Phi) is 7.72. The minimum absolute atomic E-state index is 0.0523. The third-order valence-corrected chi connectivity index (χ3v) is 7.94. The highest BCUT2D eigenvalue weighted by Crippen LogP contribution is 2.42. The maximum absolute atomic E-state index is 13.4. The molecule has 1 fully saturated rings. The Hall–Kier alpha value is -3.37. The third kappa shape index (κ3) is 5.66. The number of nitrogens with one attached hydrogen (secondary N) is 1. The number of thiophene rings is 2. The molecule has 2 amide bonds. The number of nitrogens with zero attached hydrogens (tertiary/aromatic N) is 1. The smallest absolute Gasteiger partial charge is 0.349 e. The van der Waals surface area contributed by atoms with Crippen LogP contribution in [0.1, 0.15) is 47.3 Å². The van der Waals surface area contributed by atoms with Gasteiger partial charge in [-0.2, -0.15) is 11.3 Å². The maximum Gasteiger partial charge on any atom is 0.349 e. The van der Waals surface area contributed by atoms with Gasteiger partial charge in [-0.3, -0.25) is 4.90 Å². The van der Waals surface area contributed by atoms with Gasteiger partial charge in [0, 0.05) is 27.5 Å². The van der Waals surface area contributed by atoms with Crippen LogP contribution in [0.2, 0.25) is 0 Å². The van der Waals surface area contributed by atoms with Gasteiger partial charge in [-0.25, -0.2) is 14.4 Å². The summed E-state index contributed by atoms with van der Waals surface area (Å²) in [5, 5.41) is 25.4. The number of benzene rings is 1. The zero-order valence-electron chi connectivity index (χ0n) is 19.2. The standard InChI is InChI=1S/C25H26N2O6S2/c1-15-21(33-13-20(28)29)23(24(30)31)35-22(15)16-6-5-9-19(12-16)27(18-7-3-2-4-8-18)25(32)26-17-10-11-34-14-17/h5-6,9-12,14,18H,2-4,7-8,13H2,1H3,(H,26,32)(H,28,29)(H,30,31). The van der Waals surface area contributed by atoms with Crippen LogP contribution in [-0.2, 0) is 4.79 Å². The van der Waals surface area contributed by atoms with Crippen molar-refractivity contribution >= 4 is 52.0 Å². The molecule has 0 spiro atoms. The van der Waals surface area contributed by atoms with E-state index in [9.17, 15) is 19.5 Å². The SMILES string of the molecule is Cc1c(-c2cccc(N(C(=O)Nc3ccsc3)C3CCCCC3)c2)sc(C(=O)O)c1OCC(=O)O. The average Bonchev–Trinajstić information content (AvgIpc) is 3.46. The molecule has 10 heteroatoms. The summed E-state index contributed by atoms with van der Waals surface area (Å²) in [6.07, 6.45) is 5.10. The molecular formula is C25H26N2O6S2. The molecule has 0 atom stereocenters. The Morgan fingerprint density at radius 2 is 1.91 bits per heavy atom. The van der Waals surface area contributed by atoms with Crippen molar-refractivity contribution in [1.29, 1.82) is 0 Å². The van der Waals surface area contributed by atoms with Gasteiger partial charge >= 0.3 is 18.0 Å². The van der Waals surface area contributed by atoms with Gasteiger partial charge in [-0.1, -0.05) is 31.4 Å². The van der Waals surface area contributed by atoms with Crippen LogP contribution in [-0.4, -0.2) is 40.8 Å². The van der Waals surface area contributed by atoms with E-state index in [0.29, 0.717) is 10.4 Å². The molecule has 0 aliphatic heterocycles. The summed E-state index contributed by atoms with van der Waals surface area (Å²) in [6, 6.07) is 9.18. The average molecular weight is 515 g/mol. The fourth-order valence-electron chi connectivity index (χ4n) is 4.37. The van der Waals surface area contributed by atoms with Crippen molar-refractivity contribution in [3.05, 3.63) is 51.5 Å². The summed E-state index contributed by atoms with van der Waals surface area (Å²) in [5.74, 6) is -2.31. The van der Waals surface area contributed by atoms with E-state index in [4.69, 9.17) is 9.84 Å². The molecule has 3 N–H and O–H groups in total. The summed E-state index contributed by atoms with van der Waals surface area (Å²) in [4.78, 5) is 38.6. The first-order valence-electron chi connectivity index (χ1n) is 11.3. The van der Waals surface area contributed by atoms with E-state index < -0.39 is 18.5 Å². The lowest BCUT2D eigenvalue weighted by Gasteiger charge is -2.34. The maximum atomic E-state index is 13.4. The van der Waals surface area contributed by atoms with Gasteiger partial charge in [0.2, 0.25) is 0 Å². The Labute approximate surface area is 210 Å². The van der Waals surface area contributed by atoms with Crippen molar-refractivity contribution < 1.29 is 29.3 Å². The number of carboxylic acid groups (broad SMARTS) is 2. The molecule has 1 aliphatic carbocycles. The molecule has 8 nitrogen and oxygen atoms in total. The first-order chi connectivity index (χ1) is 16.8. The Balaban J connectivity index is 1.71. The monoisotopic (exact) mass is 514 g/mol. The van der Waals surface area contributed by atoms with Crippen molar-refractivity contribution in [2.24, 2.45) is 0 Å². The predicted molar refractivity (Wildman–Crippen MR) is 137 cm³/mol. The first-order valence-corrected chi connectivity index (χ1v) is 13.0. The molecule has 4 rings (SSSR count). The topological polar surface area (TPSA) is 116 Å². The molecule has 0 saturated heterocycles. The highest BCUT2D eigenvalue weighted by molar-refractivity contribution is 7.18. The minimum Gasteiger partial charge on any atom is -0.480 e. The van der Waals surface area contributed by atoms with E-state index in [1.165, 1.54) is 11.3 Å². The predicted octanol–water partition coefficient (Wildman–Crippen LogP) is 6.32. The molecule has 184 valence electrons. The molecule has 1 aliphatic rings. The number of urea groups is 1. The number of aromatic carboxylic acids is 1. The minimum atomic E-state index is -1.18. The second-order valence-electron chi connectivity index (χ2n) is 8.36. The zero-order chi connectivity index (χ0) is 24.9. The van der Waals surface area contributed by atoms with Crippen molar-refractivity contribution in [3.8, 4) is 16.2 Å². The quantitative estimate of drug-likeness (QED) is 0.324. The molecule has 1 aromatic carbocycles. The summed E-state index contributed by atoms with van der Waals surface area (Å²) < 4.78 is 5.32. The van der Waals surface area contributed by atoms with Crippen LogP contribution in [0.25, 0.3) is 10.4 Å². The first kappa shape index (κ1) is 24.7. The van der Waals surface area contributed by atoms with E-state index in [0.717, 1.165) is 60.4 Å². The summed E-state index contributed by atoms with van der Waals surface area (Å²) in [6.45, 7) is 1.08. The van der Waals surface area contributed by atoms with Gasteiger partial charge in [-0.05, 0) is 48.9 Å². The van der Waals surface area contributed by atoms with E-state index in [1.54, 1.807) is 6.92 Å². The molecule has 35 heavy (non-hydrogen) atoms. The van der Waals surface area contributed by atoms with Gasteiger partial charge < -0.3 is 20.3 Å². The van der Waals surface area contributed by atoms with Gasteiger partial charge in [0.25, 0.3) is 0 Å². The van der Waals surface area contributed by atoms with Crippen molar-refractivity contribution in [2.45, 2.75) is 45.1 Å². The summed E-state index contributed by atoms with van der Waals surface area (Å²) in [5.41, 5.74) is 2.76. The Bertz CT molecular complexity index is 1210. The van der Waals surface area contributed by atoms with Crippen LogP contribution < -0.4 is 15.0 Å². The van der Waals surface area contributed by atoms with Gasteiger partial charge in [-0.15, -0.1) is 11.3 Å². The number of amides is 2. The van der Waals surface area contributed by atoms with Crippen molar-refractivity contribution in [2.75, 3.05) is 16.8 Å². The number of ether oxygens (including phenoxy) is 1. The van der Waals surface area contributed by atoms with E-state index in [1.807, 2.05) is 46.0 Å². The van der Waals surface area contributed by atoms with Crippen LogP contribution in [0, 0.1) is 6.92 Å².